The van der Waals surface area contributed by atoms with E-state index in [-0.39, 0.29) is 0 Å². The molecule has 0 aromatic carbocycles. The average Bonchev–Trinajstić information content (AvgIpc) is 2.73. The highest BCUT2D eigenvalue weighted by atomic mass is 32.2. The zero-order valence-electron chi connectivity index (χ0n) is 11.1. The first kappa shape index (κ1) is 13.2. The third kappa shape index (κ3) is 4.18. The molecule has 0 radical (unpaired) electrons. The molecule has 2 fully saturated rings. The van der Waals surface area contributed by atoms with Gasteiger partial charge >= 0.3 is 0 Å². The quantitative estimate of drug-likeness (QED) is 0.781. The molecule has 0 aromatic heterocycles. The second-order valence-corrected chi connectivity index (χ2v) is 6.29. The Morgan fingerprint density at radius 1 is 1.41 bits per heavy atom. The average molecular weight is 255 g/mol. The van der Waals surface area contributed by atoms with Crippen molar-refractivity contribution in [1.82, 2.24) is 10.2 Å². The molecular formula is C13H25N3S. The van der Waals surface area contributed by atoms with Crippen molar-refractivity contribution in [3.05, 3.63) is 0 Å². The summed E-state index contributed by atoms with van der Waals surface area (Å²) in [5.74, 6) is 1.17. The van der Waals surface area contributed by atoms with Crippen molar-refractivity contribution in [2.75, 3.05) is 25.4 Å². The van der Waals surface area contributed by atoms with Crippen LogP contribution in [0.3, 0.4) is 0 Å². The van der Waals surface area contributed by atoms with Gasteiger partial charge in [-0.25, -0.2) is 0 Å². The van der Waals surface area contributed by atoms with Crippen LogP contribution in [0.4, 0.5) is 0 Å². The molecule has 3 nitrogen and oxygen atoms in total. The van der Waals surface area contributed by atoms with E-state index in [1.54, 1.807) is 0 Å². The minimum atomic E-state index is 0.598. The summed E-state index contributed by atoms with van der Waals surface area (Å²) in [4.78, 5) is 7.25. The number of rotatable bonds is 4. The third-order valence-electron chi connectivity index (χ3n) is 3.64. The van der Waals surface area contributed by atoms with Crippen molar-refractivity contribution in [2.45, 2.75) is 51.6 Å². The second-order valence-electron chi connectivity index (χ2n) is 5.28. The summed E-state index contributed by atoms with van der Waals surface area (Å²) in [6.07, 6.45) is 5.38. The number of nitrogens with zero attached hydrogens (tertiary/aromatic N) is 2. The Morgan fingerprint density at radius 2 is 2.29 bits per heavy atom. The van der Waals surface area contributed by atoms with Crippen molar-refractivity contribution >= 4 is 16.9 Å². The van der Waals surface area contributed by atoms with Gasteiger partial charge < -0.3 is 10.2 Å². The Labute approximate surface area is 109 Å². The maximum Gasteiger partial charge on any atom is 0.156 e. The highest BCUT2D eigenvalue weighted by Crippen LogP contribution is 2.16. The lowest BCUT2D eigenvalue weighted by molar-refractivity contribution is 0.160. The molecule has 0 bridgehead atoms. The lowest BCUT2D eigenvalue weighted by Crippen LogP contribution is -2.38. The number of aliphatic imine (C=N–C) groups is 1. The van der Waals surface area contributed by atoms with Crippen LogP contribution in [0.15, 0.2) is 4.99 Å². The minimum absolute atomic E-state index is 0.598. The largest absolute Gasteiger partial charge is 0.362 e. The van der Waals surface area contributed by atoms with E-state index in [2.05, 4.69) is 29.1 Å². The molecule has 2 saturated heterocycles. The summed E-state index contributed by atoms with van der Waals surface area (Å²) < 4.78 is 0. The van der Waals surface area contributed by atoms with Crippen LogP contribution in [0.25, 0.3) is 0 Å². The predicted molar refractivity (Wildman–Crippen MR) is 76.9 cm³/mol. The van der Waals surface area contributed by atoms with E-state index >= 15 is 0 Å². The van der Waals surface area contributed by atoms with E-state index in [1.807, 2.05) is 11.8 Å². The first-order valence-corrected chi connectivity index (χ1v) is 7.92. The van der Waals surface area contributed by atoms with Gasteiger partial charge in [-0.1, -0.05) is 18.2 Å². The summed E-state index contributed by atoms with van der Waals surface area (Å²) in [6, 6.07) is 1.39. The fraction of sp³-hybridized carbons (Fsp3) is 0.923. The molecular weight excluding hydrogens is 230 g/mol. The summed E-state index contributed by atoms with van der Waals surface area (Å²) in [5, 5.41) is 4.56. The Balaban J connectivity index is 1.62. The third-order valence-corrected chi connectivity index (χ3v) is 4.83. The lowest BCUT2D eigenvalue weighted by atomic mass is 10.0. The van der Waals surface area contributed by atoms with Crippen LogP contribution in [0.5, 0.6) is 0 Å². The maximum atomic E-state index is 4.62. The second kappa shape index (κ2) is 6.64. The SMILES string of the molecule is CC1CSC(=NCCCN2CCCCC2C)N1. The standard InChI is InChI=1S/C13H25N3S/c1-11-10-17-13(15-11)14-7-5-9-16-8-4-3-6-12(16)2/h11-12H,3-10H2,1-2H3,(H,14,15). The van der Waals surface area contributed by atoms with Gasteiger partial charge in [-0.15, -0.1) is 0 Å². The van der Waals surface area contributed by atoms with Crippen LogP contribution in [0.1, 0.15) is 39.5 Å². The molecule has 4 heteroatoms. The Bertz CT molecular complexity index is 267. The van der Waals surface area contributed by atoms with Gasteiger partial charge in [0.15, 0.2) is 5.17 Å². The molecule has 2 aliphatic heterocycles. The van der Waals surface area contributed by atoms with E-state index in [0.29, 0.717) is 6.04 Å². The van der Waals surface area contributed by atoms with Crippen LogP contribution in [-0.4, -0.2) is 47.5 Å². The molecule has 17 heavy (non-hydrogen) atoms. The van der Waals surface area contributed by atoms with E-state index in [0.717, 1.165) is 17.8 Å². The van der Waals surface area contributed by atoms with E-state index < -0.39 is 0 Å². The first-order chi connectivity index (χ1) is 8.25. The fourth-order valence-corrected chi connectivity index (χ4v) is 3.49. The van der Waals surface area contributed by atoms with Crippen LogP contribution < -0.4 is 5.32 Å². The van der Waals surface area contributed by atoms with Crippen molar-refractivity contribution in [3.8, 4) is 0 Å². The van der Waals surface area contributed by atoms with Crippen LogP contribution in [-0.2, 0) is 0 Å². The lowest BCUT2D eigenvalue weighted by Gasteiger charge is -2.33. The van der Waals surface area contributed by atoms with Gasteiger partial charge in [0.1, 0.15) is 0 Å². The molecule has 0 aromatic rings. The normalized spacial score (nSPS) is 32.9. The molecule has 0 amide bonds. The number of piperidine rings is 1. The van der Waals surface area contributed by atoms with Crippen molar-refractivity contribution < 1.29 is 0 Å². The molecule has 2 aliphatic rings. The number of likely N-dealkylation sites (tertiary alicyclic amines) is 1. The minimum Gasteiger partial charge on any atom is -0.362 e. The van der Waals surface area contributed by atoms with E-state index in [9.17, 15) is 0 Å². The summed E-state index contributed by atoms with van der Waals surface area (Å²) >= 11 is 1.86. The van der Waals surface area contributed by atoms with Crippen molar-refractivity contribution in [2.24, 2.45) is 4.99 Å². The van der Waals surface area contributed by atoms with Crippen molar-refractivity contribution in [3.63, 3.8) is 0 Å². The summed E-state index contributed by atoms with van der Waals surface area (Å²) in [5.41, 5.74) is 0. The summed E-state index contributed by atoms with van der Waals surface area (Å²) in [6.45, 7) is 8.07. The molecule has 2 atom stereocenters. The molecule has 2 rings (SSSR count). The number of nitrogens with one attached hydrogen (secondary N) is 1. The molecule has 98 valence electrons. The number of thioether (sulfide) groups is 1. The van der Waals surface area contributed by atoms with E-state index in [1.165, 1.54) is 44.5 Å². The molecule has 0 spiro atoms. The van der Waals surface area contributed by atoms with Crippen LogP contribution in [0, 0.1) is 0 Å². The highest BCUT2D eigenvalue weighted by molar-refractivity contribution is 8.14. The van der Waals surface area contributed by atoms with Gasteiger partial charge in [-0.05, 0) is 39.7 Å². The number of hydrogen-bond donors (Lipinski definition) is 1. The molecule has 0 saturated carbocycles. The zero-order chi connectivity index (χ0) is 12.1. The summed E-state index contributed by atoms with van der Waals surface area (Å²) in [7, 11) is 0. The van der Waals surface area contributed by atoms with Gasteiger partial charge in [0, 0.05) is 30.9 Å². The molecule has 1 N–H and O–H groups in total. The fourth-order valence-electron chi connectivity index (χ4n) is 2.53. The Hall–Kier alpha value is -0.220. The monoisotopic (exact) mass is 255 g/mol. The maximum absolute atomic E-state index is 4.62. The Kier molecular flexibility index (Phi) is 5.16. The number of hydrogen-bond acceptors (Lipinski definition) is 3. The zero-order valence-corrected chi connectivity index (χ0v) is 11.9. The van der Waals surface area contributed by atoms with Crippen LogP contribution in [0.2, 0.25) is 0 Å². The van der Waals surface area contributed by atoms with Gasteiger partial charge in [0.2, 0.25) is 0 Å². The molecule has 2 heterocycles. The van der Waals surface area contributed by atoms with Gasteiger partial charge in [0.25, 0.3) is 0 Å². The van der Waals surface area contributed by atoms with Gasteiger partial charge in [-0.3, -0.25) is 4.99 Å². The predicted octanol–water partition coefficient (Wildman–Crippen LogP) is 2.33. The first-order valence-electron chi connectivity index (χ1n) is 6.93. The molecule has 2 unspecified atom stereocenters. The highest BCUT2D eigenvalue weighted by Gasteiger charge is 2.17. The van der Waals surface area contributed by atoms with Crippen LogP contribution >= 0.6 is 11.8 Å². The topological polar surface area (TPSA) is 27.6 Å². The molecule has 0 aliphatic carbocycles. The number of amidine groups is 1. The smallest absolute Gasteiger partial charge is 0.156 e. The van der Waals surface area contributed by atoms with Gasteiger partial charge in [0.05, 0.1) is 0 Å². The van der Waals surface area contributed by atoms with E-state index in [4.69, 9.17) is 0 Å². The Morgan fingerprint density at radius 3 is 3.00 bits per heavy atom. The van der Waals surface area contributed by atoms with Gasteiger partial charge in [-0.2, -0.15) is 0 Å². The van der Waals surface area contributed by atoms with Crippen molar-refractivity contribution in [1.29, 1.82) is 0 Å².